The summed E-state index contributed by atoms with van der Waals surface area (Å²) >= 11 is 1.56. The van der Waals surface area contributed by atoms with Crippen molar-refractivity contribution in [2.75, 3.05) is 18.8 Å². The van der Waals surface area contributed by atoms with E-state index in [1.807, 2.05) is 0 Å². The topological polar surface area (TPSA) is 83.4 Å². The van der Waals surface area contributed by atoms with Gasteiger partial charge in [-0.2, -0.15) is 16.1 Å². The lowest BCUT2D eigenvalue weighted by molar-refractivity contribution is 0.427. The number of hydrogen-bond donors (Lipinski definition) is 1. The number of hydrogen-bond acceptors (Lipinski definition) is 5. The average molecular weight is 408 g/mol. The monoisotopic (exact) mass is 408 g/mol. The molecule has 3 aromatic rings. The average Bonchev–Trinajstić information content (AvgIpc) is 2.85. The van der Waals surface area contributed by atoms with Crippen LogP contribution in [-0.2, 0) is 10.0 Å². The zero-order chi connectivity index (χ0) is 19.0. The Balaban J connectivity index is 1.58. The van der Waals surface area contributed by atoms with Crippen molar-refractivity contribution < 1.29 is 17.2 Å². The van der Waals surface area contributed by atoms with Crippen molar-refractivity contribution >= 4 is 32.9 Å². The highest BCUT2D eigenvalue weighted by Crippen LogP contribution is 2.36. The highest BCUT2D eigenvalue weighted by molar-refractivity contribution is 7.99. The normalized spacial score (nSPS) is 19.2. The van der Waals surface area contributed by atoms with Gasteiger partial charge in [0, 0.05) is 29.7 Å². The molecule has 1 N–H and O–H groups in total. The second-order valence-corrected chi connectivity index (χ2v) is 9.49. The first kappa shape index (κ1) is 18.3. The van der Waals surface area contributed by atoms with Gasteiger partial charge >= 0.3 is 5.76 Å². The number of rotatable bonds is 3. The Labute approximate surface area is 159 Å². The Morgan fingerprint density at radius 2 is 2.00 bits per heavy atom. The molecule has 0 spiro atoms. The van der Waals surface area contributed by atoms with Gasteiger partial charge in [-0.05, 0) is 30.7 Å². The van der Waals surface area contributed by atoms with Gasteiger partial charge in [-0.3, -0.25) is 4.98 Å². The number of nitrogens with one attached hydrogen (secondary N) is 1. The first-order valence-corrected chi connectivity index (χ1v) is 10.9. The SMILES string of the molecule is O=c1[nH]c2cc(S(=O)(=O)N3CCSC(c4ccccc4F)CC3)ccc2o1. The van der Waals surface area contributed by atoms with E-state index in [2.05, 4.69) is 4.98 Å². The Bertz CT molecular complexity index is 1140. The molecule has 1 unspecified atom stereocenters. The van der Waals surface area contributed by atoms with Crippen molar-refractivity contribution in [1.82, 2.24) is 9.29 Å². The fraction of sp³-hybridized carbons (Fsp3) is 0.278. The minimum absolute atomic E-state index is 0.0842. The van der Waals surface area contributed by atoms with Crippen LogP contribution in [0.25, 0.3) is 11.1 Å². The molecule has 1 atom stereocenters. The third-order valence-corrected chi connectivity index (χ3v) is 7.79. The minimum atomic E-state index is -3.72. The number of aromatic nitrogens is 1. The summed E-state index contributed by atoms with van der Waals surface area (Å²) in [6.45, 7) is 0.645. The van der Waals surface area contributed by atoms with Crippen LogP contribution in [0.15, 0.2) is 56.6 Å². The van der Waals surface area contributed by atoms with Crippen LogP contribution in [0.1, 0.15) is 17.2 Å². The van der Waals surface area contributed by atoms with Gasteiger partial charge < -0.3 is 4.42 Å². The zero-order valence-corrected chi connectivity index (χ0v) is 15.9. The Morgan fingerprint density at radius 3 is 2.81 bits per heavy atom. The molecule has 4 rings (SSSR count). The summed E-state index contributed by atoms with van der Waals surface area (Å²) in [6, 6.07) is 10.9. The fourth-order valence-corrected chi connectivity index (χ4v) is 6.07. The number of oxazole rings is 1. The fourth-order valence-electron chi connectivity index (χ4n) is 3.22. The number of halogens is 1. The first-order valence-electron chi connectivity index (χ1n) is 8.44. The van der Waals surface area contributed by atoms with Crippen molar-refractivity contribution in [3.8, 4) is 0 Å². The summed E-state index contributed by atoms with van der Waals surface area (Å²) < 4.78 is 46.4. The molecule has 0 saturated carbocycles. The summed E-state index contributed by atoms with van der Waals surface area (Å²) in [5.41, 5.74) is 1.26. The number of H-pyrrole nitrogens is 1. The minimum Gasteiger partial charge on any atom is -0.408 e. The van der Waals surface area contributed by atoms with Crippen LogP contribution in [0.3, 0.4) is 0 Å². The molecule has 2 heterocycles. The lowest BCUT2D eigenvalue weighted by atomic mass is 10.1. The molecule has 9 heteroatoms. The van der Waals surface area contributed by atoms with Crippen LogP contribution < -0.4 is 5.76 Å². The maximum absolute atomic E-state index is 14.1. The van der Waals surface area contributed by atoms with Gasteiger partial charge in [0.25, 0.3) is 0 Å². The molecular weight excluding hydrogens is 391 g/mol. The number of nitrogens with zero attached hydrogens (tertiary/aromatic N) is 1. The summed E-state index contributed by atoms with van der Waals surface area (Å²) in [7, 11) is -3.72. The van der Waals surface area contributed by atoms with E-state index < -0.39 is 15.8 Å². The molecule has 142 valence electrons. The van der Waals surface area contributed by atoms with E-state index in [-0.39, 0.29) is 16.0 Å². The third kappa shape index (κ3) is 3.54. The van der Waals surface area contributed by atoms with Gasteiger partial charge in [-0.25, -0.2) is 17.6 Å². The molecule has 1 fully saturated rings. The molecule has 0 radical (unpaired) electrons. The lowest BCUT2D eigenvalue weighted by Crippen LogP contribution is -2.33. The van der Waals surface area contributed by atoms with Gasteiger partial charge in [-0.15, -0.1) is 0 Å². The van der Waals surface area contributed by atoms with Crippen molar-refractivity contribution in [1.29, 1.82) is 0 Å². The molecule has 0 amide bonds. The van der Waals surface area contributed by atoms with Gasteiger partial charge in [0.1, 0.15) is 5.82 Å². The van der Waals surface area contributed by atoms with Gasteiger partial charge in [-0.1, -0.05) is 18.2 Å². The van der Waals surface area contributed by atoms with Crippen LogP contribution in [0.4, 0.5) is 4.39 Å². The Hall–Kier alpha value is -2.10. The second-order valence-electron chi connectivity index (χ2n) is 6.25. The van der Waals surface area contributed by atoms with Crippen molar-refractivity contribution in [3.05, 3.63) is 64.4 Å². The third-order valence-electron chi connectivity index (χ3n) is 4.58. The molecule has 0 bridgehead atoms. The molecule has 0 aliphatic carbocycles. The number of aromatic amines is 1. The maximum atomic E-state index is 14.1. The van der Waals surface area contributed by atoms with E-state index in [0.29, 0.717) is 41.9 Å². The van der Waals surface area contributed by atoms with Gasteiger partial charge in [0.05, 0.1) is 10.4 Å². The van der Waals surface area contributed by atoms with E-state index in [1.165, 1.54) is 28.6 Å². The van der Waals surface area contributed by atoms with Gasteiger partial charge in [0.2, 0.25) is 10.0 Å². The van der Waals surface area contributed by atoms with E-state index in [1.54, 1.807) is 30.0 Å². The standard InChI is InChI=1S/C18H17FN2O4S2/c19-14-4-2-1-3-13(14)17-7-8-21(9-10-26-17)27(23,24)12-5-6-16-15(11-12)20-18(22)25-16/h1-6,11,17H,7-10H2,(H,20,22). The Morgan fingerprint density at radius 1 is 1.19 bits per heavy atom. The van der Waals surface area contributed by atoms with Crippen LogP contribution in [0, 0.1) is 5.82 Å². The number of thioether (sulfide) groups is 1. The second kappa shape index (κ2) is 7.14. The number of benzene rings is 2. The van der Waals surface area contributed by atoms with Crippen LogP contribution in [-0.4, -0.2) is 36.5 Å². The number of fused-ring (bicyclic) bond motifs is 1. The molecule has 2 aromatic carbocycles. The van der Waals surface area contributed by atoms with E-state index in [4.69, 9.17) is 4.42 Å². The predicted octanol–water partition coefficient (Wildman–Crippen LogP) is 3.13. The molecule has 1 saturated heterocycles. The van der Waals surface area contributed by atoms with E-state index in [0.717, 1.165) is 0 Å². The zero-order valence-electron chi connectivity index (χ0n) is 14.2. The van der Waals surface area contributed by atoms with E-state index >= 15 is 0 Å². The lowest BCUT2D eigenvalue weighted by Gasteiger charge is -2.20. The van der Waals surface area contributed by atoms with Gasteiger partial charge in [0.15, 0.2) is 5.58 Å². The Kier molecular flexibility index (Phi) is 4.83. The van der Waals surface area contributed by atoms with Crippen LogP contribution >= 0.6 is 11.8 Å². The molecular formula is C18H17FN2O4S2. The number of sulfonamides is 1. The van der Waals surface area contributed by atoms with Crippen molar-refractivity contribution in [2.24, 2.45) is 0 Å². The quantitative estimate of drug-likeness (QED) is 0.720. The predicted molar refractivity (Wildman–Crippen MR) is 102 cm³/mol. The van der Waals surface area contributed by atoms with Crippen LogP contribution in [0.2, 0.25) is 0 Å². The van der Waals surface area contributed by atoms with Crippen molar-refractivity contribution in [2.45, 2.75) is 16.6 Å². The molecule has 1 aliphatic rings. The van der Waals surface area contributed by atoms with Crippen molar-refractivity contribution in [3.63, 3.8) is 0 Å². The summed E-state index contributed by atoms with van der Waals surface area (Å²) in [4.78, 5) is 13.8. The first-order chi connectivity index (χ1) is 12.9. The maximum Gasteiger partial charge on any atom is 0.417 e. The molecule has 27 heavy (non-hydrogen) atoms. The van der Waals surface area contributed by atoms with E-state index in [9.17, 15) is 17.6 Å². The largest absolute Gasteiger partial charge is 0.417 e. The molecule has 1 aromatic heterocycles. The highest BCUT2D eigenvalue weighted by Gasteiger charge is 2.29. The molecule has 6 nitrogen and oxygen atoms in total. The highest BCUT2D eigenvalue weighted by atomic mass is 32.2. The molecule has 1 aliphatic heterocycles. The van der Waals surface area contributed by atoms with Crippen LogP contribution in [0.5, 0.6) is 0 Å². The summed E-state index contributed by atoms with van der Waals surface area (Å²) in [6.07, 6.45) is 0.523. The smallest absolute Gasteiger partial charge is 0.408 e. The summed E-state index contributed by atoms with van der Waals surface area (Å²) in [5, 5.41) is -0.0842. The summed E-state index contributed by atoms with van der Waals surface area (Å²) in [5.74, 6) is -0.317.